The lowest BCUT2D eigenvalue weighted by molar-refractivity contribution is -0.394. The van der Waals surface area contributed by atoms with Crippen LogP contribution in [0.15, 0.2) is 41.3 Å². The summed E-state index contributed by atoms with van der Waals surface area (Å²) in [4.78, 5) is 33.6. The number of nitrogens with one attached hydrogen (secondary N) is 1. The number of nitro benzene ring substituents is 2. The van der Waals surface area contributed by atoms with Crippen LogP contribution in [0.4, 0.5) is 17.1 Å². The first-order valence-electron chi connectivity index (χ1n) is 10.6. The van der Waals surface area contributed by atoms with Gasteiger partial charge in [0.1, 0.15) is 0 Å². The summed E-state index contributed by atoms with van der Waals surface area (Å²) >= 11 is 0. The van der Waals surface area contributed by atoms with Crippen molar-refractivity contribution in [1.82, 2.24) is 4.31 Å². The number of nitrogens with zero attached hydrogens (tertiary/aromatic N) is 3. The molecule has 0 aliphatic heterocycles. The third kappa shape index (κ3) is 6.35. The molecular weight excluding hydrogens is 464 g/mol. The number of sulfonamides is 1. The molecule has 2 aromatic carbocycles. The van der Waals surface area contributed by atoms with E-state index in [1.807, 2.05) is 27.7 Å². The Morgan fingerprint density at radius 1 is 0.971 bits per heavy atom. The Morgan fingerprint density at radius 3 is 1.94 bits per heavy atom. The van der Waals surface area contributed by atoms with E-state index in [1.54, 1.807) is 0 Å². The van der Waals surface area contributed by atoms with Crippen molar-refractivity contribution in [1.29, 1.82) is 0 Å². The molecule has 0 saturated heterocycles. The van der Waals surface area contributed by atoms with Crippen LogP contribution in [0, 0.1) is 39.0 Å². The van der Waals surface area contributed by atoms with Crippen LogP contribution < -0.4 is 5.32 Å². The Hall–Kier alpha value is -3.38. The quantitative estimate of drug-likeness (QED) is 0.382. The second kappa shape index (κ2) is 10.7. The molecule has 0 aliphatic carbocycles. The van der Waals surface area contributed by atoms with E-state index in [4.69, 9.17) is 0 Å². The smallest absolute Gasteiger partial charge is 0.279 e. The molecule has 0 bridgehead atoms. The summed E-state index contributed by atoms with van der Waals surface area (Å²) in [6.07, 6.45) is 0. The molecule has 0 saturated carbocycles. The maximum Gasteiger partial charge on any atom is 0.279 e. The summed E-state index contributed by atoms with van der Waals surface area (Å²) in [5, 5.41) is 24.9. The van der Waals surface area contributed by atoms with Crippen LogP contribution in [-0.2, 0) is 10.0 Å². The van der Waals surface area contributed by atoms with Crippen molar-refractivity contribution in [2.75, 3.05) is 18.4 Å². The van der Waals surface area contributed by atoms with Crippen LogP contribution in [0.5, 0.6) is 0 Å². The Bertz CT molecular complexity index is 1180. The maximum absolute atomic E-state index is 13.1. The van der Waals surface area contributed by atoms with Crippen molar-refractivity contribution in [3.05, 3.63) is 67.8 Å². The number of amides is 1. The van der Waals surface area contributed by atoms with E-state index < -0.39 is 37.2 Å². The predicted molar refractivity (Wildman–Crippen MR) is 127 cm³/mol. The molecule has 0 unspecified atom stereocenters. The summed E-state index contributed by atoms with van der Waals surface area (Å²) in [5.74, 6) is -0.523. The average Bonchev–Trinajstić information content (AvgIpc) is 2.72. The Balaban J connectivity index is 2.33. The van der Waals surface area contributed by atoms with E-state index in [2.05, 4.69) is 5.32 Å². The van der Waals surface area contributed by atoms with Gasteiger partial charge in [0.25, 0.3) is 17.3 Å². The van der Waals surface area contributed by atoms with Crippen LogP contribution in [0.1, 0.15) is 43.6 Å². The van der Waals surface area contributed by atoms with Crippen LogP contribution in [-0.4, -0.2) is 41.6 Å². The molecular formula is C22H28N4O7S. The molecule has 1 N–H and O–H groups in total. The van der Waals surface area contributed by atoms with Gasteiger partial charge in [-0.15, -0.1) is 0 Å². The van der Waals surface area contributed by atoms with Gasteiger partial charge in [-0.3, -0.25) is 25.0 Å². The van der Waals surface area contributed by atoms with Crippen LogP contribution in [0.3, 0.4) is 0 Å². The first-order valence-corrected chi connectivity index (χ1v) is 12.0. The SMILES string of the molecule is Cc1c(C(=O)Nc2ccc(S(=O)(=O)N(CC(C)C)CC(C)C)cc2)cc([N+](=O)[O-])cc1[N+](=O)[O-]. The second-order valence-electron chi connectivity index (χ2n) is 8.74. The molecule has 1 amide bonds. The predicted octanol–water partition coefficient (Wildman–Crippen LogP) is 4.37. The number of carbonyl (C=O) groups excluding carboxylic acids is 1. The average molecular weight is 493 g/mol. The second-order valence-corrected chi connectivity index (χ2v) is 10.7. The monoisotopic (exact) mass is 492 g/mol. The van der Waals surface area contributed by atoms with Gasteiger partial charge < -0.3 is 5.32 Å². The molecule has 0 atom stereocenters. The fourth-order valence-electron chi connectivity index (χ4n) is 3.36. The topological polar surface area (TPSA) is 153 Å². The first-order chi connectivity index (χ1) is 15.7. The zero-order valence-electron chi connectivity index (χ0n) is 19.6. The molecule has 11 nitrogen and oxygen atoms in total. The number of non-ortho nitro benzene ring substituents is 1. The third-order valence-electron chi connectivity index (χ3n) is 4.90. The molecule has 0 fully saturated rings. The standard InChI is InChI=1S/C22H28N4O7S/c1-14(2)12-24(13-15(3)4)34(32,33)19-8-6-17(7-9-19)23-22(27)20-10-18(25(28)29)11-21(16(20)5)26(30)31/h6-11,14-15H,12-13H2,1-5H3,(H,23,27). The molecule has 0 aromatic heterocycles. The Kier molecular flexibility index (Phi) is 8.46. The molecule has 12 heteroatoms. The van der Waals surface area contributed by atoms with Gasteiger partial charge in [0.05, 0.1) is 26.4 Å². The summed E-state index contributed by atoms with van der Waals surface area (Å²) in [6, 6.07) is 7.28. The fourth-order valence-corrected chi connectivity index (χ4v) is 5.13. The van der Waals surface area contributed by atoms with E-state index in [9.17, 15) is 33.4 Å². The highest BCUT2D eigenvalue weighted by Gasteiger charge is 2.27. The number of rotatable bonds is 10. The molecule has 2 aromatic rings. The van der Waals surface area contributed by atoms with E-state index in [1.165, 1.54) is 35.5 Å². The zero-order valence-corrected chi connectivity index (χ0v) is 20.5. The summed E-state index contributed by atoms with van der Waals surface area (Å²) in [5.41, 5.74) is -1.14. The number of hydrogen-bond acceptors (Lipinski definition) is 7. The molecule has 0 aliphatic rings. The van der Waals surface area contributed by atoms with Gasteiger partial charge in [-0.25, -0.2) is 8.42 Å². The minimum absolute atomic E-state index is 0.0229. The van der Waals surface area contributed by atoms with Crippen LogP contribution in [0.2, 0.25) is 0 Å². The third-order valence-corrected chi connectivity index (χ3v) is 6.75. The highest BCUT2D eigenvalue weighted by molar-refractivity contribution is 7.89. The molecule has 34 heavy (non-hydrogen) atoms. The van der Waals surface area contributed by atoms with Crippen molar-refractivity contribution in [2.24, 2.45) is 11.8 Å². The van der Waals surface area contributed by atoms with E-state index >= 15 is 0 Å². The number of benzene rings is 2. The summed E-state index contributed by atoms with van der Waals surface area (Å²) in [6.45, 7) is 9.78. The number of anilines is 1. The fraction of sp³-hybridized carbons (Fsp3) is 0.409. The van der Waals surface area contributed by atoms with E-state index in [-0.39, 0.29) is 33.5 Å². The Morgan fingerprint density at radius 2 is 1.50 bits per heavy atom. The Labute approximate surface area is 198 Å². The van der Waals surface area contributed by atoms with E-state index in [0.717, 1.165) is 12.1 Å². The van der Waals surface area contributed by atoms with Crippen molar-refractivity contribution >= 4 is 33.0 Å². The van der Waals surface area contributed by atoms with Gasteiger partial charge in [0.2, 0.25) is 10.0 Å². The molecule has 0 radical (unpaired) electrons. The van der Waals surface area contributed by atoms with Crippen LogP contribution >= 0.6 is 0 Å². The molecule has 184 valence electrons. The minimum atomic E-state index is -3.75. The number of hydrogen-bond donors (Lipinski definition) is 1. The first kappa shape index (κ1) is 26.9. The van der Waals surface area contributed by atoms with Gasteiger partial charge in [-0.2, -0.15) is 4.31 Å². The van der Waals surface area contributed by atoms with E-state index in [0.29, 0.717) is 13.1 Å². The summed E-state index contributed by atoms with van der Waals surface area (Å²) in [7, 11) is -3.75. The normalized spacial score (nSPS) is 11.8. The van der Waals surface area contributed by atoms with Crippen LogP contribution in [0.25, 0.3) is 0 Å². The highest BCUT2D eigenvalue weighted by atomic mass is 32.2. The molecule has 0 heterocycles. The lowest BCUT2D eigenvalue weighted by atomic mass is 10.0. The van der Waals surface area contributed by atoms with Gasteiger partial charge in [0, 0.05) is 30.4 Å². The van der Waals surface area contributed by atoms with Gasteiger partial charge in [0.15, 0.2) is 0 Å². The van der Waals surface area contributed by atoms with Gasteiger partial charge in [-0.05, 0) is 43.0 Å². The van der Waals surface area contributed by atoms with Gasteiger partial charge in [-0.1, -0.05) is 27.7 Å². The molecule has 0 spiro atoms. The van der Waals surface area contributed by atoms with Crippen molar-refractivity contribution in [3.63, 3.8) is 0 Å². The lowest BCUT2D eigenvalue weighted by Crippen LogP contribution is -2.37. The highest BCUT2D eigenvalue weighted by Crippen LogP contribution is 2.29. The number of nitro groups is 2. The van der Waals surface area contributed by atoms with Crippen molar-refractivity contribution in [2.45, 2.75) is 39.5 Å². The largest absolute Gasteiger partial charge is 0.322 e. The van der Waals surface area contributed by atoms with Gasteiger partial charge >= 0.3 is 0 Å². The maximum atomic E-state index is 13.1. The zero-order chi connectivity index (χ0) is 25.8. The van der Waals surface area contributed by atoms with Crippen molar-refractivity contribution < 1.29 is 23.1 Å². The lowest BCUT2D eigenvalue weighted by Gasteiger charge is -2.25. The summed E-state index contributed by atoms with van der Waals surface area (Å²) < 4.78 is 27.7. The van der Waals surface area contributed by atoms with Crippen molar-refractivity contribution in [3.8, 4) is 0 Å². The number of carbonyl (C=O) groups is 1. The minimum Gasteiger partial charge on any atom is -0.322 e. The molecule has 2 rings (SSSR count).